The maximum Gasteiger partial charge on any atom is 0.261 e. The Morgan fingerprint density at radius 2 is 1.81 bits per heavy atom. The molecule has 1 fully saturated rings. The molecule has 3 aromatic heterocycles. The molecule has 9 heteroatoms. The highest BCUT2D eigenvalue weighted by Gasteiger charge is 2.24. The van der Waals surface area contributed by atoms with E-state index in [2.05, 4.69) is 36.9 Å². The second kappa shape index (κ2) is 9.07. The van der Waals surface area contributed by atoms with Crippen molar-refractivity contribution in [3.8, 4) is 21.6 Å². The third kappa shape index (κ3) is 4.14. The molecule has 0 radical (unpaired) electrons. The largest absolute Gasteiger partial charge is 0.370 e. The Hall–Kier alpha value is -3.69. The minimum Gasteiger partial charge on any atom is -0.370 e. The molecule has 0 bridgehead atoms. The number of sulfonamides is 1. The zero-order valence-electron chi connectivity index (χ0n) is 19.7. The summed E-state index contributed by atoms with van der Waals surface area (Å²) in [5, 5.41) is 7.95. The van der Waals surface area contributed by atoms with Gasteiger partial charge in [0.15, 0.2) is 0 Å². The van der Waals surface area contributed by atoms with Crippen molar-refractivity contribution in [1.82, 2.24) is 15.2 Å². The number of aromatic nitrogens is 3. The van der Waals surface area contributed by atoms with Gasteiger partial charge in [0.25, 0.3) is 10.0 Å². The van der Waals surface area contributed by atoms with Crippen LogP contribution in [-0.2, 0) is 10.0 Å². The number of pyridine rings is 1. The Kier molecular flexibility index (Phi) is 5.73. The first-order chi connectivity index (χ1) is 17.5. The van der Waals surface area contributed by atoms with Gasteiger partial charge < -0.3 is 4.90 Å². The molecule has 1 saturated heterocycles. The van der Waals surface area contributed by atoms with E-state index in [1.807, 2.05) is 31.6 Å². The second-order valence-corrected chi connectivity index (χ2v) is 11.8. The van der Waals surface area contributed by atoms with Gasteiger partial charge in [-0.25, -0.2) is 8.42 Å². The van der Waals surface area contributed by atoms with Gasteiger partial charge in [-0.15, -0.1) is 11.3 Å². The minimum absolute atomic E-state index is 0.226. The fourth-order valence-corrected chi connectivity index (χ4v) is 7.23. The highest BCUT2D eigenvalue weighted by atomic mass is 32.2. The maximum atomic E-state index is 13.3. The molecule has 1 aliphatic rings. The smallest absolute Gasteiger partial charge is 0.261 e. The van der Waals surface area contributed by atoms with Crippen molar-refractivity contribution in [2.75, 3.05) is 22.7 Å². The van der Waals surface area contributed by atoms with Gasteiger partial charge in [-0.05, 0) is 55.7 Å². The third-order valence-electron chi connectivity index (χ3n) is 6.48. The number of hydrogen-bond acceptors (Lipinski definition) is 6. The zero-order valence-corrected chi connectivity index (χ0v) is 21.4. The number of nitrogens with one attached hydrogen (secondary N) is 2. The van der Waals surface area contributed by atoms with Crippen LogP contribution in [0.2, 0.25) is 0 Å². The molecule has 36 heavy (non-hydrogen) atoms. The summed E-state index contributed by atoms with van der Waals surface area (Å²) in [4.78, 5) is 8.18. The first kappa shape index (κ1) is 22.8. The SMILES string of the molecule is Cc1cc(NS(=O)(=O)c2ccccc2)c2c(-c3cncc(N4CCCC4)c3)c(-c3cn[nH]c3)sc2c1. The summed E-state index contributed by atoms with van der Waals surface area (Å²) < 4.78 is 30.5. The lowest BCUT2D eigenvalue weighted by molar-refractivity contribution is 0.601. The highest BCUT2D eigenvalue weighted by Crippen LogP contribution is 2.48. The number of fused-ring (bicyclic) bond motifs is 1. The number of nitrogens with zero attached hydrogens (tertiary/aromatic N) is 3. The molecule has 5 aromatic rings. The highest BCUT2D eigenvalue weighted by molar-refractivity contribution is 7.92. The summed E-state index contributed by atoms with van der Waals surface area (Å²) in [6, 6.07) is 14.6. The molecule has 2 aromatic carbocycles. The second-order valence-electron chi connectivity index (χ2n) is 9.02. The molecular formula is C27H25N5O2S2. The van der Waals surface area contributed by atoms with Crippen LogP contribution >= 0.6 is 11.3 Å². The Morgan fingerprint density at radius 1 is 1.00 bits per heavy atom. The van der Waals surface area contributed by atoms with E-state index in [0.717, 1.165) is 56.0 Å². The van der Waals surface area contributed by atoms with Crippen LogP contribution < -0.4 is 9.62 Å². The van der Waals surface area contributed by atoms with Gasteiger partial charge in [-0.3, -0.25) is 14.8 Å². The predicted octanol–water partition coefficient (Wildman–Crippen LogP) is 6.06. The van der Waals surface area contributed by atoms with Crippen molar-refractivity contribution in [3.63, 3.8) is 0 Å². The van der Waals surface area contributed by atoms with Gasteiger partial charge in [0.2, 0.25) is 0 Å². The summed E-state index contributed by atoms with van der Waals surface area (Å²) in [5.74, 6) is 0. The standard InChI is InChI=1S/C27H25N5O2S2/c1-18-11-23(31-36(33,34)22-7-3-2-4-8-22)26-24(12-18)35-27(20-15-29-30-16-20)25(26)19-13-21(17-28-14-19)32-9-5-6-10-32/h2-4,7-8,11-17,31H,5-6,9-10H2,1H3,(H,29,30). The number of hydrogen-bond donors (Lipinski definition) is 2. The lowest BCUT2D eigenvalue weighted by Crippen LogP contribution is -2.17. The first-order valence-electron chi connectivity index (χ1n) is 11.8. The molecular weight excluding hydrogens is 490 g/mol. The average molecular weight is 516 g/mol. The Bertz CT molecular complexity index is 1640. The predicted molar refractivity (Wildman–Crippen MR) is 146 cm³/mol. The number of H-pyrrole nitrogens is 1. The van der Waals surface area contributed by atoms with Crippen molar-refractivity contribution in [1.29, 1.82) is 0 Å². The Labute approximate surface area is 213 Å². The summed E-state index contributed by atoms with van der Waals surface area (Å²) in [6.45, 7) is 4.02. The lowest BCUT2D eigenvalue weighted by atomic mass is 9.99. The van der Waals surface area contributed by atoms with Crippen LogP contribution in [0, 0.1) is 6.92 Å². The van der Waals surface area contributed by atoms with Crippen LogP contribution in [0.5, 0.6) is 0 Å². The molecule has 2 N–H and O–H groups in total. The van der Waals surface area contributed by atoms with Gasteiger partial charge in [0.05, 0.1) is 28.7 Å². The van der Waals surface area contributed by atoms with E-state index >= 15 is 0 Å². The van der Waals surface area contributed by atoms with E-state index < -0.39 is 10.0 Å². The molecule has 0 spiro atoms. The van der Waals surface area contributed by atoms with Crippen LogP contribution in [0.15, 0.2) is 78.2 Å². The fourth-order valence-electron chi connectivity index (χ4n) is 4.82. The molecule has 0 aliphatic carbocycles. The number of benzene rings is 2. The zero-order chi connectivity index (χ0) is 24.7. The van der Waals surface area contributed by atoms with Crippen LogP contribution in [-0.4, -0.2) is 36.7 Å². The first-order valence-corrected chi connectivity index (χ1v) is 14.1. The van der Waals surface area contributed by atoms with Crippen LogP contribution in [0.1, 0.15) is 18.4 Å². The summed E-state index contributed by atoms with van der Waals surface area (Å²) in [7, 11) is -3.77. The van der Waals surface area contributed by atoms with Gasteiger partial charge in [0, 0.05) is 57.1 Å². The quantitative estimate of drug-likeness (QED) is 0.287. The van der Waals surface area contributed by atoms with E-state index in [1.165, 1.54) is 12.8 Å². The normalized spacial score (nSPS) is 14.0. The number of rotatable bonds is 6. The van der Waals surface area contributed by atoms with Crippen LogP contribution in [0.25, 0.3) is 31.7 Å². The van der Waals surface area contributed by atoms with Crippen molar-refractivity contribution in [2.45, 2.75) is 24.7 Å². The third-order valence-corrected chi connectivity index (χ3v) is 9.04. The molecule has 6 rings (SSSR count). The monoisotopic (exact) mass is 515 g/mol. The summed E-state index contributed by atoms with van der Waals surface area (Å²) in [6.07, 6.45) is 9.79. The lowest BCUT2D eigenvalue weighted by Gasteiger charge is -2.18. The van der Waals surface area contributed by atoms with Gasteiger partial charge in [-0.2, -0.15) is 5.10 Å². The van der Waals surface area contributed by atoms with E-state index in [1.54, 1.807) is 47.9 Å². The van der Waals surface area contributed by atoms with Gasteiger partial charge >= 0.3 is 0 Å². The summed E-state index contributed by atoms with van der Waals surface area (Å²) in [5.41, 5.74) is 5.47. The topological polar surface area (TPSA) is 91.0 Å². The molecule has 0 saturated carbocycles. The average Bonchev–Trinajstić information content (AvgIpc) is 3.65. The molecule has 7 nitrogen and oxygen atoms in total. The Morgan fingerprint density at radius 3 is 2.56 bits per heavy atom. The van der Waals surface area contributed by atoms with Crippen molar-refractivity contribution < 1.29 is 8.42 Å². The van der Waals surface area contributed by atoms with E-state index in [4.69, 9.17) is 0 Å². The van der Waals surface area contributed by atoms with E-state index in [9.17, 15) is 8.42 Å². The maximum absolute atomic E-state index is 13.3. The van der Waals surface area contributed by atoms with Crippen LogP contribution in [0.3, 0.4) is 0 Å². The number of aryl methyl sites for hydroxylation is 1. The van der Waals surface area contributed by atoms with Gasteiger partial charge in [0.1, 0.15) is 0 Å². The molecule has 182 valence electrons. The van der Waals surface area contributed by atoms with E-state index in [-0.39, 0.29) is 4.90 Å². The Balaban J connectivity index is 1.58. The molecule has 1 aliphatic heterocycles. The van der Waals surface area contributed by atoms with E-state index in [0.29, 0.717) is 5.69 Å². The molecule has 0 atom stereocenters. The van der Waals surface area contributed by atoms with Crippen LogP contribution in [0.4, 0.5) is 11.4 Å². The van der Waals surface area contributed by atoms with Crippen molar-refractivity contribution in [2.24, 2.45) is 0 Å². The molecule has 0 amide bonds. The van der Waals surface area contributed by atoms with Crippen molar-refractivity contribution >= 4 is 42.8 Å². The summed E-state index contributed by atoms with van der Waals surface area (Å²) >= 11 is 1.63. The number of anilines is 2. The molecule has 0 unspecified atom stereocenters. The number of thiophene rings is 1. The fraction of sp³-hybridized carbons (Fsp3) is 0.185. The molecule has 4 heterocycles. The number of aromatic amines is 1. The van der Waals surface area contributed by atoms with Crippen molar-refractivity contribution in [3.05, 3.63) is 78.9 Å². The van der Waals surface area contributed by atoms with Gasteiger partial charge in [-0.1, -0.05) is 18.2 Å². The minimum atomic E-state index is -3.77.